The Bertz CT molecular complexity index is 305. The Kier molecular flexibility index (Phi) is 2.24. The molecular formula is C11H17NO3. The molecule has 0 radical (unpaired) electrons. The fourth-order valence-corrected chi connectivity index (χ4v) is 2.39. The maximum absolute atomic E-state index is 11.8. The van der Waals surface area contributed by atoms with E-state index in [2.05, 4.69) is 5.32 Å². The van der Waals surface area contributed by atoms with E-state index in [1.165, 1.54) is 0 Å². The topological polar surface area (TPSA) is 55.4 Å². The lowest BCUT2D eigenvalue weighted by molar-refractivity contribution is -0.163. The first-order chi connectivity index (χ1) is 6.87. The molecule has 1 aliphatic carbocycles. The average Bonchev–Trinajstić information content (AvgIpc) is 2.58. The molecule has 0 aromatic rings. The summed E-state index contributed by atoms with van der Waals surface area (Å²) in [7, 11) is 0. The number of esters is 1. The summed E-state index contributed by atoms with van der Waals surface area (Å²) in [5.41, 5.74) is -0.463. The van der Waals surface area contributed by atoms with Crippen LogP contribution in [0.4, 0.5) is 0 Å². The molecule has 4 nitrogen and oxygen atoms in total. The Morgan fingerprint density at radius 3 is 2.53 bits per heavy atom. The number of carbonyl (C=O) groups is 2. The fourth-order valence-electron chi connectivity index (χ4n) is 2.39. The summed E-state index contributed by atoms with van der Waals surface area (Å²) in [6.45, 7) is 5.54. The second-order valence-corrected chi connectivity index (χ2v) is 5.42. The van der Waals surface area contributed by atoms with E-state index in [-0.39, 0.29) is 29.8 Å². The number of carbonyl (C=O) groups excluding carboxylic acids is 2. The van der Waals surface area contributed by atoms with Gasteiger partial charge < -0.3 is 10.1 Å². The van der Waals surface area contributed by atoms with Crippen LogP contribution in [-0.4, -0.2) is 23.5 Å². The predicted octanol–water partition coefficient (Wildman–Crippen LogP) is 0.853. The van der Waals surface area contributed by atoms with E-state index in [4.69, 9.17) is 4.74 Å². The highest BCUT2D eigenvalue weighted by molar-refractivity contribution is 5.89. The standard InChI is InChI=1S/C11H17NO3/c1-11(2,3)15-10(14)8-5-6-4-7(8)9(13)12-6/h6-8H,4-5H2,1-3H3,(H,12,13). The Hall–Kier alpha value is -1.06. The lowest BCUT2D eigenvalue weighted by Crippen LogP contribution is -2.40. The maximum Gasteiger partial charge on any atom is 0.310 e. The molecule has 15 heavy (non-hydrogen) atoms. The molecule has 3 unspecified atom stereocenters. The van der Waals surface area contributed by atoms with Gasteiger partial charge in [0.15, 0.2) is 0 Å². The van der Waals surface area contributed by atoms with E-state index < -0.39 is 5.60 Å². The summed E-state index contributed by atoms with van der Waals surface area (Å²) in [5, 5.41) is 2.85. The van der Waals surface area contributed by atoms with Crippen molar-refractivity contribution in [2.45, 2.75) is 45.3 Å². The molecule has 1 saturated carbocycles. The molecule has 1 aliphatic heterocycles. The van der Waals surface area contributed by atoms with Gasteiger partial charge in [-0.05, 0) is 33.6 Å². The van der Waals surface area contributed by atoms with Crippen LogP contribution in [-0.2, 0) is 14.3 Å². The van der Waals surface area contributed by atoms with Crippen molar-refractivity contribution >= 4 is 11.9 Å². The van der Waals surface area contributed by atoms with E-state index in [0.29, 0.717) is 0 Å². The van der Waals surface area contributed by atoms with Crippen LogP contribution in [0.2, 0.25) is 0 Å². The summed E-state index contributed by atoms with van der Waals surface area (Å²) < 4.78 is 5.30. The van der Waals surface area contributed by atoms with Gasteiger partial charge in [0.1, 0.15) is 5.60 Å². The lowest BCUT2D eigenvalue weighted by atomic mass is 9.94. The zero-order valence-corrected chi connectivity index (χ0v) is 9.37. The monoisotopic (exact) mass is 211 g/mol. The number of hydrogen-bond donors (Lipinski definition) is 1. The smallest absolute Gasteiger partial charge is 0.310 e. The number of fused-ring (bicyclic) bond motifs is 2. The second-order valence-electron chi connectivity index (χ2n) is 5.42. The number of nitrogens with one attached hydrogen (secondary N) is 1. The minimum Gasteiger partial charge on any atom is -0.460 e. The molecule has 1 N–H and O–H groups in total. The highest BCUT2D eigenvalue weighted by Gasteiger charge is 2.49. The molecule has 2 aliphatic rings. The minimum atomic E-state index is -0.463. The number of amides is 1. The van der Waals surface area contributed by atoms with Crippen molar-refractivity contribution in [1.29, 1.82) is 0 Å². The van der Waals surface area contributed by atoms with Crippen LogP contribution in [0, 0.1) is 11.8 Å². The van der Waals surface area contributed by atoms with Gasteiger partial charge in [0, 0.05) is 6.04 Å². The van der Waals surface area contributed by atoms with Crippen molar-refractivity contribution in [2.24, 2.45) is 11.8 Å². The normalized spacial score (nSPS) is 34.1. The molecule has 3 atom stereocenters. The van der Waals surface area contributed by atoms with E-state index in [1.54, 1.807) is 0 Å². The molecule has 2 fully saturated rings. The highest BCUT2D eigenvalue weighted by atomic mass is 16.6. The van der Waals surface area contributed by atoms with Crippen LogP contribution in [0.5, 0.6) is 0 Å². The molecule has 0 spiro atoms. The van der Waals surface area contributed by atoms with Crippen molar-refractivity contribution in [3.8, 4) is 0 Å². The summed E-state index contributed by atoms with van der Waals surface area (Å²) in [6.07, 6.45) is 1.54. The lowest BCUT2D eigenvalue weighted by Gasteiger charge is -2.25. The largest absolute Gasteiger partial charge is 0.460 e. The summed E-state index contributed by atoms with van der Waals surface area (Å²) in [6, 6.07) is 0.194. The Morgan fingerprint density at radius 2 is 2.07 bits per heavy atom. The molecule has 1 heterocycles. The summed E-state index contributed by atoms with van der Waals surface area (Å²) >= 11 is 0. The van der Waals surface area contributed by atoms with Gasteiger partial charge in [-0.1, -0.05) is 0 Å². The molecule has 0 aromatic carbocycles. The molecule has 2 bridgehead atoms. The number of hydrogen-bond acceptors (Lipinski definition) is 3. The number of piperidine rings is 1. The zero-order valence-electron chi connectivity index (χ0n) is 9.37. The molecule has 4 heteroatoms. The van der Waals surface area contributed by atoms with Gasteiger partial charge >= 0.3 is 5.97 Å². The van der Waals surface area contributed by atoms with Gasteiger partial charge in [0.25, 0.3) is 0 Å². The average molecular weight is 211 g/mol. The third-order valence-electron chi connectivity index (χ3n) is 2.96. The van der Waals surface area contributed by atoms with E-state index >= 15 is 0 Å². The van der Waals surface area contributed by atoms with Crippen molar-refractivity contribution < 1.29 is 14.3 Å². The van der Waals surface area contributed by atoms with E-state index in [9.17, 15) is 9.59 Å². The summed E-state index contributed by atoms with van der Waals surface area (Å²) in [4.78, 5) is 23.2. The SMILES string of the molecule is CC(C)(C)OC(=O)C1CC2CC1C(=O)N2. The zero-order chi connectivity index (χ0) is 11.2. The van der Waals surface area contributed by atoms with Crippen LogP contribution in [0.3, 0.4) is 0 Å². The first-order valence-corrected chi connectivity index (χ1v) is 5.40. The molecule has 1 amide bonds. The van der Waals surface area contributed by atoms with Crippen LogP contribution in [0.25, 0.3) is 0 Å². The van der Waals surface area contributed by atoms with E-state index in [1.807, 2.05) is 20.8 Å². The molecule has 0 aromatic heterocycles. The third-order valence-corrected chi connectivity index (χ3v) is 2.96. The Balaban J connectivity index is 2.01. The van der Waals surface area contributed by atoms with Gasteiger partial charge in [-0.15, -0.1) is 0 Å². The fraction of sp³-hybridized carbons (Fsp3) is 0.818. The number of ether oxygens (including phenoxy) is 1. The Labute approximate surface area is 89.4 Å². The van der Waals surface area contributed by atoms with Crippen molar-refractivity contribution in [1.82, 2.24) is 5.32 Å². The highest BCUT2D eigenvalue weighted by Crippen LogP contribution is 2.38. The first-order valence-electron chi connectivity index (χ1n) is 5.40. The van der Waals surface area contributed by atoms with Crippen LogP contribution in [0.1, 0.15) is 33.6 Å². The van der Waals surface area contributed by atoms with Gasteiger partial charge in [0.2, 0.25) is 5.91 Å². The van der Waals surface area contributed by atoms with Crippen LogP contribution >= 0.6 is 0 Å². The van der Waals surface area contributed by atoms with Crippen molar-refractivity contribution in [3.05, 3.63) is 0 Å². The molecule has 1 saturated heterocycles. The van der Waals surface area contributed by atoms with Gasteiger partial charge in [-0.2, -0.15) is 0 Å². The third kappa shape index (κ3) is 1.98. The van der Waals surface area contributed by atoms with Gasteiger partial charge in [-0.3, -0.25) is 9.59 Å². The van der Waals surface area contributed by atoms with Crippen LogP contribution < -0.4 is 5.32 Å². The minimum absolute atomic E-state index is 0.0158. The molecule has 2 rings (SSSR count). The van der Waals surface area contributed by atoms with E-state index in [0.717, 1.165) is 12.8 Å². The van der Waals surface area contributed by atoms with Gasteiger partial charge in [0.05, 0.1) is 11.8 Å². The number of rotatable bonds is 1. The van der Waals surface area contributed by atoms with Crippen molar-refractivity contribution in [2.75, 3.05) is 0 Å². The predicted molar refractivity (Wildman–Crippen MR) is 54.0 cm³/mol. The quantitative estimate of drug-likeness (QED) is 0.654. The van der Waals surface area contributed by atoms with Crippen molar-refractivity contribution in [3.63, 3.8) is 0 Å². The second kappa shape index (κ2) is 3.22. The first kappa shape index (κ1) is 10.5. The summed E-state index contributed by atoms with van der Waals surface area (Å²) in [5.74, 6) is -0.570. The Morgan fingerprint density at radius 1 is 1.40 bits per heavy atom. The molecular weight excluding hydrogens is 194 g/mol. The molecule has 84 valence electrons. The van der Waals surface area contributed by atoms with Crippen LogP contribution in [0.15, 0.2) is 0 Å². The van der Waals surface area contributed by atoms with Gasteiger partial charge in [-0.25, -0.2) is 0 Å². The maximum atomic E-state index is 11.8.